The van der Waals surface area contributed by atoms with Crippen LogP contribution in [0.5, 0.6) is 5.75 Å². The third-order valence-corrected chi connectivity index (χ3v) is 3.29. The number of rotatable bonds is 3. The van der Waals surface area contributed by atoms with Crippen LogP contribution in [0.4, 0.5) is 4.39 Å². The third kappa shape index (κ3) is 3.07. The van der Waals surface area contributed by atoms with Gasteiger partial charge in [0.05, 0.1) is 7.11 Å². The highest BCUT2D eigenvalue weighted by atomic mass is 19.1. The van der Waals surface area contributed by atoms with Crippen molar-refractivity contribution >= 4 is 11.8 Å². The van der Waals surface area contributed by atoms with Gasteiger partial charge in [-0.1, -0.05) is 6.07 Å². The molecule has 1 unspecified atom stereocenters. The number of nitrogens with one attached hydrogen (secondary N) is 1. The van der Waals surface area contributed by atoms with Crippen LogP contribution in [0.1, 0.15) is 18.9 Å². The lowest BCUT2D eigenvalue weighted by molar-refractivity contribution is -0.133. The van der Waals surface area contributed by atoms with Gasteiger partial charge in [0, 0.05) is 31.1 Å². The van der Waals surface area contributed by atoms with E-state index in [1.54, 1.807) is 19.1 Å². The molecule has 1 aliphatic heterocycles. The number of carbonyl (C=O) groups is 2. The Kier molecular flexibility index (Phi) is 4.22. The molecule has 1 fully saturated rings. The van der Waals surface area contributed by atoms with Crippen molar-refractivity contribution in [1.82, 2.24) is 10.2 Å². The fourth-order valence-corrected chi connectivity index (χ4v) is 2.14. The molecule has 0 aromatic heterocycles. The van der Waals surface area contributed by atoms with Crippen molar-refractivity contribution in [3.05, 3.63) is 29.6 Å². The number of nitrogens with zero attached hydrogens (tertiary/aromatic N) is 1. The molecular formula is C14H17FN2O3. The van der Waals surface area contributed by atoms with E-state index in [4.69, 9.17) is 4.74 Å². The standard InChI is InChI=1S/C14H17FN2O3/c1-9-14(19)17(6-5-13(18)16-9)8-10-3-4-11(20-2)7-12(10)15/h3-4,7,9H,5-6,8H2,1-2H3,(H,16,18). The summed E-state index contributed by atoms with van der Waals surface area (Å²) in [6, 6.07) is 3.94. The number of ether oxygens (including phenoxy) is 1. The van der Waals surface area contributed by atoms with Gasteiger partial charge in [-0.15, -0.1) is 0 Å². The Balaban J connectivity index is 2.16. The molecule has 1 aromatic carbocycles. The van der Waals surface area contributed by atoms with Crippen molar-refractivity contribution in [2.24, 2.45) is 0 Å². The molecule has 0 saturated carbocycles. The van der Waals surface area contributed by atoms with Gasteiger partial charge < -0.3 is 15.0 Å². The number of methoxy groups -OCH3 is 1. The average Bonchev–Trinajstić information content (AvgIpc) is 2.54. The summed E-state index contributed by atoms with van der Waals surface area (Å²) in [6.45, 7) is 2.07. The van der Waals surface area contributed by atoms with Gasteiger partial charge in [-0.25, -0.2) is 4.39 Å². The zero-order valence-corrected chi connectivity index (χ0v) is 11.5. The molecule has 108 valence electrons. The number of hydrogen-bond acceptors (Lipinski definition) is 3. The lowest BCUT2D eigenvalue weighted by Crippen LogP contribution is -2.42. The quantitative estimate of drug-likeness (QED) is 0.901. The summed E-state index contributed by atoms with van der Waals surface area (Å²) in [7, 11) is 1.46. The predicted molar refractivity (Wildman–Crippen MR) is 70.6 cm³/mol. The van der Waals surface area contributed by atoms with Gasteiger partial charge in [-0.05, 0) is 13.0 Å². The molecule has 1 aliphatic rings. The summed E-state index contributed by atoms with van der Waals surface area (Å²) in [5.41, 5.74) is 0.403. The Labute approximate surface area is 116 Å². The minimum atomic E-state index is -0.577. The van der Waals surface area contributed by atoms with E-state index in [0.717, 1.165) is 0 Å². The lowest BCUT2D eigenvalue weighted by Gasteiger charge is -2.22. The first kappa shape index (κ1) is 14.3. The van der Waals surface area contributed by atoms with Crippen LogP contribution in [0, 0.1) is 5.82 Å². The highest BCUT2D eigenvalue weighted by molar-refractivity contribution is 5.89. The fourth-order valence-electron chi connectivity index (χ4n) is 2.14. The molecule has 5 nitrogen and oxygen atoms in total. The van der Waals surface area contributed by atoms with Crippen LogP contribution in [0.15, 0.2) is 18.2 Å². The summed E-state index contributed by atoms with van der Waals surface area (Å²) in [4.78, 5) is 25.0. The minimum absolute atomic E-state index is 0.147. The van der Waals surface area contributed by atoms with Crippen molar-refractivity contribution in [3.8, 4) is 5.75 Å². The molecule has 1 aromatic rings. The van der Waals surface area contributed by atoms with Crippen LogP contribution in [-0.2, 0) is 16.1 Å². The highest BCUT2D eigenvalue weighted by Gasteiger charge is 2.26. The minimum Gasteiger partial charge on any atom is -0.497 e. The van der Waals surface area contributed by atoms with E-state index in [2.05, 4.69) is 5.32 Å². The number of amides is 2. The molecular weight excluding hydrogens is 263 g/mol. The Morgan fingerprint density at radius 2 is 2.20 bits per heavy atom. The first-order chi connectivity index (χ1) is 9.51. The van der Waals surface area contributed by atoms with Crippen molar-refractivity contribution in [2.45, 2.75) is 25.9 Å². The van der Waals surface area contributed by atoms with Crippen LogP contribution in [0.25, 0.3) is 0 Å². The van der Waals surface area contributed by atoms with Crippen molar-refractivity contribution in [2.75, 3.05) is 13.7 Å². The molecule has 0 spiro atoms. The second kappa shape index (κ2) is 5.90. The smallest absolute Gasteiger partial charge is 0.245 e. The van der Waals surface area contributed by atoms with Crippen molar-refractivity contribution in [1.29, 1.82) is 0 Å². The summed E-state index contributed by atoms with van der Waals surface area (Å²) < 4.78 is 18.8. The van der Waals surface area contributed by atoms with Crippen molar-refractivity contribution < 1.29 is 18.7 Å². The molecule has 0 bridgehead atoms. The SMILES string of the molecule is COc1ccc(CN2CCC(=O)NC(C)C2=O)c(F)c1. The van der Waals surface area contributed by atoms with Crippen LogP contribution in [-0.4, -0.2) is 36.4 Å². The molecule has 2 rings (SSSR count). The maximum atomic E-state index is 13.9. The molecule has 0 aliphatic carbocycles. The molecule has 20 heavy (non-hydrogen) atoms. The zero-order valence-electron chi connectivity index (χ0n) is 11.5. The molecule has 1 saturated heterocycles. The summed E-state index contributed by atoms with van der Waals surface area (Å²) in [5, 5.41) is 2.60. The Hall–Kier alpha value is -2.11. The number of benzene rings is 1. The average molecular weight is 280 g/mol. The van der Waals surface area contributed by atoms with Gasteiger partial charge in [0.1, 0.15) is 17.6 Å². The number of hydrogen-bond donors (Lipinski definition) is 1. The largest absolute Gasteiger partial charge is 0.497 e. The Bertz CT molecular complexity index is 533. The van der Waals surface area contributed by atoms with E-state index in [0.29, 0.717) is 17.9 Å². The van der Waals surface area contributed by atoms with E-state index < -0.39 is 11.9 Å². The van der Waals surface area contributed by atoms with E-state index >= 15 is 0 Å². The first-order valence-corrected chi connectivity index (χ1v) is 6.42. The van der Waals surface area contributed by atoms with Crippen molar-refractivity contribution in [3.63, 3.8) is 0 Å². The molecule has 1 N–H and O–H groups in total. The second-order valence-corrected chi connectivity index (χ2v) is 4.76. The van der Waals surface area contributed by atoms with Crippen LogP contribution in [0.2, 0.25) is 0 Å². The highest BCUT2D eigenvalue weighted by Crippen LogP contribution is 2.18. The maximum absolute atomic E-state index is 13.9. The third-order valence-electron chi connectivity index (χ3n) is 3.29. The van der Waals surface area contributed by atoms with E-state index in [9.17, 15) is 14.0 Å². The topological polar surface area (TPSA) is 58.6 Å². The van der Waals surface area contributed by atoms with Gasteiger partial charge in [0.2, 0.25) is 11.8 Å². The van der Waals surface area contributed by atoms with Crippen LogP contribution in [0.3, 0.4) is 0 Å². The van der Waals surface area contributed by atoms with Crippen LogP contribution >= 0.6 is 0 Å². The van der Waals surface area contributed by atoms with E-state index in [1.807, 2.05) is 0 Å². The van der Waals surface area contributed by atoms with Gasteiger partial charge in [0.15, 0.2) is 0 Å². The summed E-state index contributed by atoms with van der Waals surface area (Å²) >= 11 is 0. The lowest BCUT2D eigenvalue weighted by atomic mass is 10.1. The molecule has 2 amide bonds. The first-order valence-electron chi connectivity index (χ1n) is 6.42. The van der Waals surface area contributed by atoms with E-state index in [-0.39, 0.29) is 24.8 Å². The van der Waals surface area contributed by atoms with Gasteiger partial charge >= 0.3 is 0 Å². The maximum Gasteiger partial charge on any atom is 0.245 e. The summed E-state index contributed by atoms with van der Waals surface area (Å²) in [5.74, 6) is -0.360. The molecule has 1 atom stereocenters. The van der Waals surface area contributed by atoms with Gasteiger partial charge in [0.25, 0.3) is 0 Å². The molecule has 0 radical (unpaired) electrons. The zero-order chi connectivity index (χ0) is 14.7. The van der Waals surface area contributed by atoms with Gasteiger partial charge in [-0.2, -0.15) is 0 Å². The molecule has 1 heterocycles. The Morgan fingerprint density at radius 1 is 1.45 bits per heavy atom. The molecule has 6 heteroatoms. The van der Waals surface area contributed by atoms with E-state index in [1.165, 1.54) is 18.1 Å². The number of halogens is 1. The fraction of sp³-hybridized carbons (Fsp3) is 0.429. The second-order valence-electron chi connectivity index (χ2n) is 4.76. The van der Waals surface area contributed by atoms with Crippen LogP contribution < -0.4 is 10.1 Å². The number of carbonyl (C=O) groups excluding carboxylic acids is 2. The summed E-state index contributed by atoms with van der Waals surface area (Å²) in [6.07, 6.45) is 0.230. The Morgan fingerprint density at radius 3 is 2.85 bits per heavy atom. The monoisotopic (exact) mass is 280 g/mol. The van der Waals surface area contributed by atoms with Gasteiger partial charge in [-0.3, -0.25) is 9.59 Å². The predicted octanol–water partition coefficient (Wildman–Crippen LogP) is 1.07. The normalized spacial score (nSPS) is 19.6.